The second kappa shape index (κ2) is 4.73. The molecule has 1 amide bonds. The highest BCUT2D eigenvalue weighted by atomic mass is 16.2. The van der Waals surface area contributed by atoms with E-state index in [-0.39, 0.29) is 11.9 Å². The van der Waals surface area contributed by atoms with Crippen molar-refractivity contribution in [1.29, 1.82) is 0 Å². The Kier molecular flexibility index (Phi) is 3.08. The molecule has 1 aromatic rings. The summed E-state index contributed by atoms with van der Waals surface area (Å²) < 4.78 is 0. The molecule has 0 saturated heterocycles. The zero-order chi connectivity index (χ0) is 12.5. The van der Waals surface area contributed by atoms with Crippen LogP contribution >= 0.6 is 0 Å². The van der Waals surface area contributed by atoms with Gasteiger partial charge in [-0.25, -0.2) is 0 Å². The lowest BCUT2D eigenvalue weighted by Crippen LogP contribution is -2.36. The smallest absolute Gasteiger partial charge is 0.248 e. The number of hydrogen-bond acceptors (Lipinski definition) is 2. The molecule has 1 aromatic carbocycles. The molecule has 1 aliphatic carbocycles. The Morgan fingerprint density at radius 1 is 1.28 bits per heavy atom. The van der Waals surface area contributed by atoms with E-state index >= 15 is 0 Å². The Bertz CT molecular complexity index is 452. The first-order valence-corrected chi connectivity index (χ1v) is 6.89. The van der Waals surface area contributed by atoms with Crippen molar-refractivity contribution in [1.82, 2.24) is 5.32 Å². The summed E-state index contributed by atoms with van der Waals surface area (Å²) in [5, 5.41) is 3.13. The first-order valence-electron chi connectivity index (χ1n) is 6.89. The van der Waals surface area contributed by atoms with Gasteiger partial charge in [0, 0.05) is 17.8 Å². The number of anilines is 1. The zero-order valence-corrected chi connectivity index (χ0v) is 10.9. The summed E-state index contributed by atoms with van der Waals surface area (Å²) in [7, 11) is 1.86. The maximum absolute atomic E-state index is 12.4. The molecule has 1 N–H and O–H groups in total. The standard InChI is InChI=1S/C15H20N2O/c1-16-14-12-8-4-5-9-13(12)17(15(14)18)10-11-6-2-3-7-11/h4-5,8-9,11,14,16H,2-3,6-7,10H2,1H3. The Morgan fingerprint density at radius 2 is 2.00 bits per heavy atom. The van der Waals surface area contributed by atoms with Gasteiger partial charge in [0.15, 0.2) is 0 Å². The van der Waals surface area contributed by atoms with Gasteiger partial charge in [0.25, 0.3) is 0 Å². The SMILES string of the molecule is CNC1C(=O)N(CC2CCCC2)c2ccccc21. The van der Waals surface area contributed by atoms with Crippen molar-refractivity contribution in [2.24, 2.45) is 5.92 Å². The zero-order valence-electron chi connectivity index (χ0n) is 10.9. The minimum Gasteiger partial charge on any atom is -0.310 e. The molecule has 1 heterocycles. The van der Waals surface area contributed by atoms with E-state index in [0.717, 1.165) is 17.8 Å². The molecular weight excluding hydrogens is 224 g/mol. The molecular formula is C15H20N2O. The van der Waals surface area contributed by atoms with Crippen molar-refractivity contribution in [3.05, 3.63) is 29.8 Å². The molecule has 0 spiro atoms. The van der Waals surface area contributed by atoms with Crippen molar-refractivity contribution in [2.75, 3.05) is 18.5 Å². The van der Waals surface area contributed by atoms with Crippen molar-refractivity contribution < 1.29 is 4.79 Å². The Balaban J connectivity index is 1.87. The third-order valence-electron chi connectivity index (χ3n) is 4.26. The average molecular weight is 244 g/mol. The topological polar surface area (TPSA) is 32.3 Å². The Morgan fingerprint density at radius 3 is 2.72 bits per heavy atom. The highest BCUT2D eigenvalue weighted by Gasteiger charge is 2.37. The molecule has 3 rings (SSSR count). The van der Waals surface area contributed by atoms with Gasteiger partial charge in [-0.15, -0.1) is 0 Å². The van der Waals surface area contributed by atoms with Crippen molar-refractivity contribution in [2.45, 2.75) is 31.7 Å². The molecule has 96 valence electrons. The number of amides is 1. The fraction of sp³-hybridized carbons (Fsp3) is 0.533. The van der Waals surface area contributed by atoms with Gasteiger partial charge in [-0.3, -0.25) is 4.79 Å². The van der Waals surface area contributed by atoms with Crippen LogP contribution in [-0.2, 0) is 4.79 Å². The molecule has 1 saturated carbocycles. The first kappa shape index (κ1) is 11.7. The lowest BCUT2D eigenvalue weighted by Gasteiger charge is -2.21. The van der Waals surface area contributed by atoms with Crippen LogP contribution in [0, 0.1) is 5.92 Å². The first-order chi connectivity index (χ1) is 8.81. The fourth-order valence-corrected chi connectivity index (χ4v) is 3.30. The highest BCUT2D eigenvalue weighted by Crippen LogP contribution is 2.37. The molecule has 0 bridgehead atoms. The van der Waals surface area contributed by atoms with Gasteiger partial charge in [-0.1, -0.05) is 31.0 Å². The summed E-state index contributed by atoms with van der Waals surface area (Å²) in [4.78, 5) is 14.4. The molecule has 1 fully saturated rings. The molecule has 1 atom stereocenters. The van der Waals surface area contributed by atoms with Crippen LogP contribution in [0.5, 0.6) is 0 Å². The second-order valence-corrected chi connectivity index (χ2v) is 5.38. The van der Waals surface area contributed by atoms with Crippen LogP contribution in [0.25, 0.3) is 0 Å². The maximum atomic E-state index is 12.4. The van der Waals surface area contributed by atoms with Crippen molar-refractivity contribution >= 4 is 11.6 Å². The lowest BCUT2D eigenvalue weighted by atomic mass is 10.1. The summed E-state index contributed by atoms with van der Waals surface area (Å²) in [6.45, 7) is 0.897. The number of rotatable bonds is 3. The summed E-state index contributed by atoms with van der Waals surface area (Å²) in [5.41, 5.74) is 2.23. The number of likely N-dealkylation sites (N-methyl/N-ethyl adjacent to an activating group) is 1. The largest absolute Gasteiger partial charge is 0.310 e. The van der Waals surface area contributed by atoms with E-state index in [1.54, 1.807) is 0 Å². The van der Waals surface area contributed by atoms with Crippen LogP contribution in [0.3, 0.4) is 0 Å². The monoisotopic (exact) mass is 244 g/mol. The number of carbonyl (C=O) groups excluding carboxylic acids is 1. The third kappa shape index (κ3) is 1.83. The van der Waals surface area contributed by atoms with Crippen LogP contribution in [0.1, 0.15) is 37.3 Å². The Labute approximate surface area is 108 Å². The van der Waals surface area contributed by atoms with Crippen LogP contribution in [0.4, 0.5) is 5.69 Å². The van der Waals surface area contributed by atoms with Gasteiger partial charge in [-0.2, -0.15) is 0 Å². The molecule has 18 heavy (non-hydrogen) atoms. The van der Waals surface area contributed by atoms with E-state index < -0.39 is 0 Å². The van der Waals surface area contributed by atoms with Crippen molar-refractivity contribution in [3.63, 3.8) is 0 Å². The summed E-state index contributed by atoms with van der Waals surface area (Å²) in [6.07, 6.45) is 5.19. The van der Waals surface area contributed by atoms with Gasteiger partial charge in [0.05, 0.1) is 0 Å². The lowest BCUT2D eigenvalue weighted by molar-refractivity contribution is -0.120. The third-order valence-corrected chi connectivity index (χ3v) is 4.26. The number of nitrogens with one attached hydrogen (secondary N) is 1. The molecule has 2 aliphatic rings. The predicted molar refractivity (Wildman–Crippen MR) is 72.6 cm³/mol. The van der Waals surface area contributed by atoms with E-state index in [9.17, 15) is 4.79 Å². The van der Waals surface area contributed by atoms with Gasteiger partial charge >= 0.3 is 0 Å². The normalized spacial score (nSPS) is 23.7. The molecule has 1 unspecified atom stereocenters. The van der Waals surface area contributed by atoms with Crippen molar-refractivity contribution in [3.8, 4) is 0 Å². The molecule has 1 aliphatic heterocycles. The van der Waals surface area contributed by atoms with E-state index in [0.29, 0.717) is 5.92 Å². The number of fused-ring (bicyclic) bond motifs is 1. The summed E-state index contributed by atoms with van der Waals surface area (Å²) in [6, 6.07) is 8.01. The maximum Gasteiger partial charge on any atom is 0.248 e. The molecule has 3 heteroatoms. The predicted octanol–water partition coefficient (Wildman–Crippen LogP) is 2.48. The highest BCUT2D eigenvalue weighted by molar-refractivity contribution is 6.04. The number of carbonyl (C=O) groups is 1. The van der Waals surface area contributed by atoms with Gasteiger partial charge in [0.1, 0.15) is 6.04 Å². The minimum atomic E-state index is -0.150. The average Bonchev–Trinajstić information content (AvgIpc) is 2.98. The van der Waals surface area contributed by atoms with Gasteiger partial charge in [0.2, 0.25) is 5.91 Å². The molecule has 0 radical (unpaired) electrons. The summed E-state index contributed by atoms with van der Waals surface area (Å²) >= 11 is 0. The quantitative estimate of drug-likeness (QED) is 0.886. The molecule has 0 aromatic heterocycles. The van der Waals surface area contributed by atoms with Crippen LogP contribution in [0.2, 0.25) is 0 Å². The molecule has 3 nitrogen and oxygen atoms in total. The van der Waals surface area contributed by atoms with E-state index in [4.69, 9.17) is 0 Å². The van der Waals surface area contributed by atoms with Crippen LogP contribution in [0.15, 0.2) is 24.3 Å². The van der Waals surface area contributed by atoms with E-state index in [2.05, 4.69) is 17.4 Å². The Hall–Kier alpha value is -1.35. The van der Waals surface area contributed by atoms with Crippen LogP contribution < -0.4 is 10.2 Å². The number of nitrogens with zero attached hydrogens (tertiary/aromatic N) is 1. The van der Waals surface area contributed by atoms with Gasteiger partial charge in [-0.05, 0) is 31.9 Å². The van der Waals surface area contributed by atoms with Crippen LogP contribution in [-0.4, -0.2) is 19.5 Å². The number of para-hydroxylation sites is 1. The minimum absolute atomic E-state index is 0.150. The van der Waals surface area contributed by atoms with E-state index in [1.165, 1.54) is 25.7 Å². The second-order valence-electron chi connectivity index (χ2n) is 5.38. The number of hydrogen-bond donors (Lipinski definition) is 1. The number of benzene rings is 1. The fourth-order valence-electron chi connectivity index (χ4n) is 3.30. The summed E-state index contributed by atoms with van der Waals surface area (Å²) in [5.74, 6) is 0.906. The van der Waals surface area contributed by atoms with Gasteiger partial charge < -0.3 is 10.2 Å². The van der Waals surface area contributed by atoms with E-state index in [1.807, 2.05) is 24.1 Å².